The summed E-state index contributed by atoms with van der Waals surface area (Å²) >= 11 is 0. The first-order valence-electron chi connectivity index (χ1n) is 8.51. The van der Waals surface area contributed by atoms with Crippen LogP contribution in [0.5, 0.6) is 0 Å². The molecule has 5 rings (SSSR count). The number of alkyl halides is 9. The smallest absolute Gasteiger partial charge is 0.266 e. The Labute approximate surface area is 158 Å². The highest BCUT2D eigenvalue weighted by Crippen LogP contribution is 2.79. The van der Waals surface area contributed by atoms with Gasteiger partial charge in [0.1, 0.15) is 0 Å². The van der Waals surface area contributed by atoms with Gasteiger partial charge in [0.25, 0.3) is 0 Å². The third-order valence-corrected chi connectivity index (χ3v) is 5.96. The van der Waals surface area contributed by atoms with Crippen LogP contribution < -0.4 is 0 Å². The molecule has 0 amide bonds. The van der Waals surface area contributed by atoms with Gasteiger partial charge in [-0.2, -0.15) is 44.6 Å². The maximum Gasteiger partial charge on any atom is 0.460 e. The Hall–Kier alpha value is -2.20. The first-order valence-corrected chi connectivity index (χ1v) is 8.51. The van der Waals surface area contributed by atoms with Gasteiger partial charge in [-0.15, -0.1) is 0 Å². The minimum atomic E-state index is -6.85. The van der Waals surface area contributed by atoms with Crippen molar-refractivity contribution in [2.75, 3.05) is 0 Å². The van der Waals surface area contributed by atoms with E-state index in [-0.39, 0.29) is 0 Å². The van der Waals surface area contributed by atoms with Crippen LogP contribution in [-0.4, -0.2) is 33.7 Å². The second kappa shape index (κ2) is 5.48. The summed E-state index contributed by atoms with van der Waals surface area (Å²) in [6.45, 7) is 0. The summed E-state index contributed by atoms with van der Waals surface area (Å²) in [6, 6.07) is 10.3. The van der Waals surface area contributed by atoms with Crippen molar-refractivity contribution in [2.45, 2.75) is 48.7 Å². The lowest BCUT2D eigenvalue weighted by atomic mass is 9.36. The van der Waals surface area contributed by atoms with Gasteiger partial charge in [0.2, 0.25) is 0 Å². The number of nitrogens with zero attached hydrogens (tertiary/aromatic N) is 2. The lowest BCUT2D eigenvalue weighted by molar-refractivity contribution is -0.442. The minimum absolute atomic E-state index is 0.491. The van der Waals surface area contributed by atoms with E-state index in [2.05, 4.69) is 5.10 Å². The molecule has 0 N–H and O–H groups in total. The largest absolute Gasteiger partial charge is 0.460 e. The highest BCUT2D eigenvalue weighted by molar-refractivity contribution is 5.58. The third-order valence-electron chi connectivity index (χ3n) is 5.96. The van der Waals surface area contributed by atoms with Crippen molar-refractivity contribution in [3.05, 3.63) is 42.6 Å². The van der Waals surface area contributed by atoms with E-state index in [1.807, 2.05) is 0 Å². The van der Waals surface area contributed by atoms with Crippen LogP contribution in [0.1, 0.15) is 19.3 Å². The Kier molecular flexibility index (Phi) is 3.80. The van der Waals surface area contributed by atoms with Crippen LogP contribution in [-0.2, 0) is 5.54 Å². The van der Waals surface area contributed by atoms with Crippen LogP contribution in [0, 0.1) is 5.41 Å². The topological polar surface area (TPSA) is 17.8 Å². The molecule has 3 aliphatic rings. The molecule has 0 aliphatic heterocycles. The van der Waals surface area contributed by atoms with Crippen LogP contribution in [0.25, 0.3) is 11.3 Å². The molecule has 3 aliphatic carbocycles. The zero-order valence-corrected chi connectivity index (χ0v) is 14.5. The Morgan fingerprint density at radius 1 is 0.759 bits per heavy atom. The van der Waals surface area contributed by atoms with Crippen LogP contribution in [0.4, 0.5) is 39.5 Å². The number of hydrogen-bond donors (Lipinski definition) is 0. The second-order valence-corrected chi connectivity index (χ2v) is 7.77. The minimum Gasteiger partial charge on any atom is -0.266 e. The fourth-order valence-electron chi connectivity index (χ4n) is 4.37. The molecule has 3 fully saturated rings. The number of rotatable bonds is 5. The number of benzene rings is 1. The fourth-order valence-corrected chi connectivity index (χ4v) is 4.37. The highest BCUT2D eigenvalue weighted by atomic mass is 19.4. The van der Waals surface area contributed by atoms with Gasteiger partial charge in [0.05, 0.1) is 11.2 Å². The SMILES string of the molecule is FC(F)(F)C(F)(F)C(F)(F)C(F)(F)C12CC(n3ccc(-c4ccccc4)n3)(C1)C2. The molecule has 29 heavy (non-hydrogen) atoms. The van der Waals surface area contributed by atoms with Gasteiger partial charge in [-0.3, -0.25) is 4.68 Å². The van der Waals surface area contributed by atoms with Crippen LogP contribution >= 0.6 is 0 Å². The van der Waals surface area contributed by atoms with Crippen LogP contribution in [0.2, 0.25) is 0 Å². The summed E-state index contributed by atoms with van der Waals surface area (Å²) in [5, 5.41) is 4.23. The van der Waals surface area contributed by atoms with Crippen molar-refractivity contribution in [2.24, 2.45) is 5.41 Å². The van der Waals surface area contributed by atoms with E-state index in [0.717, 1.165) is 0 Å². The van der Waals surface area contributed by atoms with E-state index in [4.69, 9.17) is 0 Å². The first-order chi connectivity index (χ1) is 13.2. The third kappa shape index (κ3) is 2.35. The molecule has 1 heterocycles. The summed E-state index contributed by atoms with van der Waals surface area (Å²) in [4.78, 5) is 0. The predicted molar refractivity (Wildman–Crippen MR) is 82.8 cm³/mol. The van der Waals surface area contributed by atoms with E-state index < -0.39 is 54.2 Å². The van der Waals surface area contributed by atoms with Crippen molar-refractivity contribution in [3.8, 4) is 11.3 Å². The van der Waals surface area contributed by atoms with Gasteiger partial charge in [-0.25, -0.2) is 0 Å². The standard InChI is InChI=1S/C18H13F9N2/c19-15(20,16(21,22)17(23,24)18(25,26)27)13-8-14(9-13,10-13)29-7-6-12(28-29)11-4-2-1-3-5-11/h1-7H,8-10H2. The van der Waals surface area contributed by atoms with Gasteiger partial charge in [-0.05, 0) is 25.3 Å². The molecule has 158 valence electrons. The molecular formula is C18H13F9N2. The van der Waals surface area contributed by atoms with Gasteiger partial charge in [0.15, 0.2) is 0 Å². The maximum absolute atomic E-state index is 14.3. The molecule has 0 atom stereocenters. The van der Waals surface area contributed by atoms with E-state index >= 15 is 0 Å². The Morgan fingerprint density at radius 2 is 1.31 bits per heavy atom. The quantitative estimate of drug-likeness (QED) is 0.543. The lowest BCUT2D eigenvalue weighted by Crippen LogP contribution is -2.79. The first kappa shape index (κ1) is 20.1. The fraction of sp³-hybridized carbons (Fsp3) is 0.500. The predicted octanol–water partition coefficient (Wildman–Crippen LogP) is 5.90. The van der Waals surface area contributed by atoms with Gasteiger partial charge >= 0.3 is 23.9 Å². The zero-order chi connectivity index (χ0) is 21.5. The Bertz CT molecular complexity index is 911. The number of halogens is 9. The molecule has 0 radical (unpaired) electrons. The molecule has 2 bridgehead atoms. The molecule has 1 aromatic carbocycles. The Morgan fingerprint density at radius 3 is 1.83 bits per heavy atom. The molecule has 1 aromatic heterocycles. The van der Waals surface area contributed by atoms with Crippen LogP contribution in [0.15, 0.2) is 42.6 Å². The average molecular weight is 428 g/mol. The van der Waals surface area contributed by atoms with E-state index in [1.54, 1.807) is 36.4 Å². The van der Waals surface area contributed by atoms with Gasteiger partial charge in [0, 0.05) is 17.2 Å². The molecule has 0 spiro atoms. The highest BCUT2D eigenvalue weighted by Gasteiger charge is 2.91. The molecule has 11 heteroatoms. The monoisotopic (exact) mass is 428 g/mol. The maximum atomic E-state index is 14.3. The summed E-state index contributed by atoms with van der Waals surface area (Å²) in [5.41, 5.74) is -2.50. The van der Waals surface area contributed by atoms with Crippen molar-refractivity contribution < 1.29 is 39.5 Å². The molecule has 0 saturated heterocycles. The average Bonchev–Trinajstić information content (AvgIpc) is 3.01. The summed E-state index contributed by atoms with van der Waals surface area (Å²) in [5.74, 6) is -18.9. The molecule has 0 unspecified atom stereocenters. The molecule has 3 saturated carbocycles. The second-order valence-electron chi connectivity index (χ2n) is 7.77. The molecule has 2 aromatic rings. The summed E-state index contributed by atoms with van der Waals surface area (Å²) < 4.78 is 121. The van der Waals surface area contributed by atoms with Crippen LogP contribution in [0.3, 0.4) is 0 Å². The van der Waals surface area contributed by atoms with Crippen molar-refractivity contribution in [3.63, 3.8) is 0 Å². The van der Waals surface area contributed by atoms with Crippen molar-refractivity contribution >= 4 is 0 Å². The Balaban J connectivity index is 1.56. The zero-order valence-electron chi connectivity index (χ0n) is 14.5. The van der Waals surface area contributed by atoms with E-state index in [9.17, 15) is 39.5 Å². The number of hydrogen-bond acceptors (Lipinski definition) is 1. The summed E-state index contributed by atoms with van der Waals surface area (Å²) in [7, 11) is 0. The van der Waals surface area contributed by atoms with E-state index in [1.165, 1.54) is 10.9 Å². The van der Waals surface area contributed by atoms with Gasteiger partial charge in [-0.1, -0.05) is 30.3 Å². The lowest BCUT2D eigenvalue weighted by Gasteiger charge is -2.72. The van der Waals surface area contributed by atoms with Gasteiger partial charge < -0.3 is 0 Å². The summed E-state index contributed by atoms with van der Waals surface area (Å²) in [6.07, 6.45) is -7.33. The van der Waals surface area contributed by atoms with Crippen molar-refractivity contribution in [1.29, 1.82) is 0 Å². The van der Waals surface area contributed by atoms with E-state index in [0.29, 0.717) is 11.3 Å². The molecular weight excluding hydrogens is 415 g/mol. The normalized spacial score (nSPS) is 27.3. The van der Waals surface area contributed by atoms with Crippen molar-refractivity contribution in [1.82, 2.24) is 9.78 Å². The molecule has 2 nitrogen and oxygen atoms in total. The number of aromatic nitrogens is 2.